The summed E-state index contributed by atoms with van der Waals surface area (Å²) in [6.07, 6.45) is 2.16. The number of rotatable bonds is 4. The molecular weight excluding hydrogens is 368 g/mol. The normalized spacial score (nSPS) is 27.0. The average molecular weight is 393 g/mol. The Labute approximate surface area is 164 Å². The number of halogens is 1. The van der Waals surface area contributed by atoms with Crippen LogP contribution in [0.5, 0.6) is 0 Å². The third-order valence-corrected chi connectivity index (χ3v) is 5.63. The van der Waals surface area contributed by atoms with Crippen molar-refractivity contribution in [3.05, 3.63) is 34.9 Å². The molecule has 1 aliphatic carbocycles. The molecule has 1 N–H and O–H groups in total. The largest absolute Gasteiger partial charge is 0.459 e. The van der Waals surface area contributed by atoms with Gasteiger partial charge in [-0.15, -0.1) is 0 Å². The summed E-state index contributed by atoms with van der Waals surface area (Å²) >= 11 is 6.04. The van der Waals surface area contributed by atoms with Crippen LogP contribution < -0.4 is 5.32 Å². The molecule has 1 spiro atoms. The zero-order valence-corrected chi connectivity index (χ0v) is 16.6. The fourth-order valence-corrected chi connectivity index (χ4v) is 4.79. The van der Waals surface area contributed by atoms with Crippen molar-refractivity contribution < 1.29 is 19.1 Å². The summed E-state index contributed by atoms with van der Waals surface area (Å²) in [6.45, 7) is 5.89. The van der Waals surface area contributed by atoms with Crippen LogP contribution >= 0.6 is 11.6 Å². The van der Waals surface area contributed by atoms with Gasteiger partial charge in [-0.2, -0.15) is 0 Å². The number of hydrogen-bond acceptors (Lipinski definition) is 4. The van der Waals surface area contributed by atoms with Gasteiger partial charge < -0.3 is 10.1 Å². The number of esters is 1. The molecule has 3 rings (SSSR count). The first-order chi connectivity index (χ1) is 12.6. The van der Waals surface area contributed by atoms with Crippen LogP contribution in [0.1, 0.15) is 45.6 Å². The van der Waals surface area contributed by atoms with E-state index in [1.54, 1.807) is 24.3 Å². The quantitative estimate of drug-likeness (QED) is 0.628. The maximum absolute atomic E-state index is 13.0. The summed E-state index contributed by atoms with van der Waals surface area (Å²) in [5.41, 5.74) is -0.299. The summed E-state index contributed by atoms with van der Waals surface area (Å²) in [6, 6.07) is 6.51. The number of hydrogen-bond donors (Lipinski definition) is 1. The Morgan fingerprint density at radius 3 is 2.67 bits per heavy atom. The van der Waals surface area contributed by atoms with Crippen LogP contribution in [0, 0.1) is 11.3 Å². The van der Waals surface area contributed by atoms with E-state index in [-0.39, 0.29) is 17.9 Å². The second-order valence-corrected chi connectivity index (χ2v) is 8.92. The number of nitrogens with one attached hydrogen (secondary N) is 1. The van der Waals surface area contributed by atoms with E-state index in [1.165, 1.54) is 0 Å². The third-order valence-electron chi connectivity index (χ3n) is 5.26. The van der Waals surface area contributed by atoms with Crippen LogP contribution in [0.2, 0.25) is 5.02 Å². The Balaban J connectivity index is 1.65. The summed E-state index contributed by atoms with van der Waals surface area (Å²) in [5, 5.41) is 3.35. The first-order valence-electron chi connectivity index (χ1n) is 9.15. The Morgan fingerprint density at radius 1 is 1.30 bits per heavy atom. The molecule has 3 amide bonds. The maximum Gasteiger partial charge on any atom is 0.326 e. The second kappa shape index (κ2) is 7.15. The minimum atomic E-state index is -0.915. The molecule has 7 heteroatoms. The number of nitrogens with zero attached hydrogens (tertiary/aromatic N) is 1. The summed E-state index contributed by atoms with van der Waals surface area (Å²) < 4.78 is 5.21. The number of amides is 3. The van der Waals surface area contributed by atoms with Crippen LogP contribution in [-0.2, 0) is 20.9 Å². The van der Waals surface area contributed by atoms with Crippen molar-refractivity contribution in [2.24, 2.45) is 11.3 Å². The monoisotopic (exact) mass is 392 g/mol. The van der Waals surface area contributed by atoms with E-state index < -0.39 is 24.1 Å². The van der Waals surface area contributed by atoms with Gasteiger partial charge in [0.15, 0.2) is 0 Å². The molecular formula is C20H25ClN2O4. The third kappa shape index (κ3) is 4.10. The van der Waals surface area contributed by atoms with Gasteiger partial charge in [-0.1, -0.05) is 50.6 Å². The highest BCUT2D eigenvalue weighted by molar-refractivity contribution is 6.31. The van der Waals surface area contributed by atoms with Crippen molar-refractivity contribution >= 4 is 29.5 Å². The number of imide groups is 1. The first kappa shape index (κ1) is 19.7. The number of ether oxygens (including phenoxy) is 1. The van der Waals surface area contributed by atoms with Gasteiger partial charge in [-0.3, -0.25) is 14.5 Å². The predicted octanol–water partition coefficient (Wildman–Crippen LogP) is 3.52. The lowest BCUT2D eigenvalue weighted by Crippen LogP contribution is -2.54. The van der Waals surface area contributed by atoms with E-state index in [4.69, 9.17) is 16.3 Å². The van der Waals surface area contributed by atoms with Gasteiger partial charge in [0, 0.05) is 10.6 Å². The molecule has 146 valence electrons. The van der Waals surface area contributed by atoms with Crippen LogP contribution in [0.15, 0.2) is 24.3 Å². The highest BCUT2D eigenvalue weighted by Gasteiger charge is 2.56. The maximum atomic E-state index is 13.0. The summed E-state index contributed by atoms with van der Waals surface area (Å²) in [7, 11) is 0. The smallest absolute Gasteiger partial charge is 0.326 e. The van der Waals surface area contributed by atoms with E-state index in [0.717, 1.165) is 11.3 Å². The van der Waals surface area contributed by atoms with Gasteiger partial charge >= 0.3 is 12.0 Å². The fraction of sp³-hybridized carbons (Fsp3) is 0.550. The van der Waals surface area contributed by atoms with Crippen LogP contribution in [0.4, 0.5) is 4.79 Å². The first-order valence-corrected chi connectivity index (χ1v) is 9.53. The molecule has 27 heavy (non-hydrogen) atoms. The summed E-state index contributed by atoms with van der Waals surface area (Å²) in [5.74, 6) is -0.662. The molecule has 2 unspecified atom stereocenters. The standard InChI is InChI=1S/C20H25ClN2O4/c1-13-8-19(2,3)12-20(9-13)17(25)23(18(26)22-20)10-16(24)27-11-14-6-4-5-7-15(14)21/h4-7,13H,8-12H2,1-3H3,(H,22,26). The highest BCUT2D eigenvalue weighted by atomic mass is 35.5. The SMILES string of the molecule is CC1CC(C)(C)CC2(C1)NC(=O)N(CC(=O)OCc1ccccc1Cl)C2=O. The molecule has 0 bridgehead atoms. The fourth-order valence-electron chi connectivity index (χ4n) is 4.60. The second-order valence-electron chi connectivity index (χ2n) is 8.51. The number of carbonyl (C=O) groups excluding carboxylic acids is 3. The molecule has 1 aromatic rings. The van der Waals surface area contributed by atoms with Crippen molar-refractivity contribution in [2.45, 2.75) is 52.2 Å². The molecule has 1 aliphatic heterocycles. The lowest BCUT2D eigenvalue weighted by molar-refractivity contribution is -0.149. The Bertz CT molecular complexity index is 779. The van der Waals surface area contributed by atoms with Gasteiger partial charge in [0.1, 0.15) is 18.7 Å². The number of carbonyl (C=O) groups is 3. The van der Waals surface area contributed by atoms with Gasteiger partial charge in [0.2, 0.25) is 0 Å². The molecule has 6 nitrogen and oxygen atoms in total. The lowest BCUT2D eigenvalue weighted by atomic mass is 9.64. The van der Waals surface area contributed by atoms with Gasteiger partial charge in [-0.05, 0) is 36.7 Å². The number of urea groups is 1. The van der Waals surface area contributed by atoms with Crippen molar-refractivity contribution in [2.75, 3.05) is 6.54 Å². The van der Waals surface area contributed by atoms with Gasteiger partial charge in [0.25, 0.3) is 5.91 Å². The molecule has 0 aromatic heterocycles. The van der Waals surface area contributed by atoms with Gasteiger partial charge in [0.05, 0.1) is 0 Å². The molecule has 1 aromatic carbocycles. The molecule has 2 aliphatic rings. The van der Waals surface area contributed by atoms with Crippen LogP contribution in [0.3, 0.4) is 0 Å². The van der Waals surface area contributed by atoms with E-state index in [2.05, 4.69) is 26.1 Å². The lowest BCUT2D eigenvalue weighted by Gasteiger charge is -2.43. The Morgan fingerprint density at radius 2 is 2.00 bits per heavy atom. The topological polar surface area (TPSA) is 75.7 Å². The van der Waals surface area contributed by atoms with Crippen molar-refractivity contribution in [1.29, 1.82) is 0 Å². The van der Waals surface area contributed by atoms with Crippen LogP contribution in [0.25, 0.3) is 0 Å². The van der Waals surface area contributed by atoms with E-state index in [1.807, 2.05) is 0 Å². The minimum Gasteiger partial charge on any atom is -0.459 e. The molecule has 1 saturated heterocycles. The average Bonchev–Trinajstić information content (AvgIpc) is 2.75. The number of benzene rings is 1. The molecule has 1 saturated carbocycles. The van der Waals surface area contributed by atoms with Crippen molar-refractivity contribution in [3.63, 3.8) is 0 Å². The zero-order chi connectivity index (χ0) is 19.8. The zero-order valence-electron chi connectivity index (χ0n) is 15.9. The predicted molar refractivity (Wildman–Crippen MR) is 101 cm³/mol. The Kier molecular flexibility index (Phi) is 5.21. The molecule has 2 atom stereocenters. The summed E-state index contributed by atoms with van der Waals surface area (Å²) in [4.78, 5) is 38.6. The molecule has 2 fully saturated rings. The molecule has 0 radical (unpaired) electrons. The van der Waals surface area contributed by atoms with Crippen molar-refractivity contribution in [1.82, 2.24) is 10.2 Å². The van der Waals surface area contributed by atoms with Gasteiger partial charge in [-0.25, -0.2) is 4.79 Å². The molecule has 1 heterocycles. The minimum absolute atomic E-state index is 0.00261. The Hall–Kier alpha value is -2.08. The highest BCUT2D eigenvalue weighted by Crippen LogP contribution is 2.46. The van der Waals surface area contributed by atoms with Crippen LogP contribution in [-0.4, -0.2) is 34.9 Å². The van der Waals surface area contributed by atoms with E-state index >= 15 is 0 Å². The van der Waals surface area contributed by atoms with E-state index in [9.17, 15) is 14.4 Å². The van der Waals surface area contributed by atoms with Crippen molar-refractivity contribution in [3.8, 4) is 0 Å². The van der Waals surface area contributed by atoms with E-state index in [0.29, 0.717) is 29.3 Å².